The smallest absolute Gasteiger partial charge is 0.387 e. The van der Waals surface area contributed by atoms with Gasteiger partial charge in [0, 0.05) is 17.4 Å². The van der Waals surface area contributed by atoms with E-state index in [1.165, 1.54) is 17.7 Å². The number of thiocarbonyl (C=S) groups is 1. The Balaban J connectivity index is 1.72. The summed E-state index contributed by atoms with van der Waals surface area (Å²) in [6.07, 6.45) is 0.944. The zero-order chi connectivity index (χ0) is 16.4. The molecule has 23 heavy (non-hydrogen) atoms. The maximum Gasteiger partial charge on any atom is 0.387 e. The van der Waals surface area contributed by atoms with Gasteiger partial charge in [0.15, 0.2) is 5.11 Å². The van der Waals surface area contributed by atoms with Gasteiger partial charge in [0.05, 0.1) is 0 Å². The minimum atomic E-state index is -2.82. The first-order valence-electron chi connectivity index (χ1n) is 7.27. The number of rotatable bonds is 3. The van der Waals surface area contributed by atoms with Gasteiger partial charge in [-0.25, -0.2) is 0 Å². The Morgan fingerprint density at radius 2 is 1.91 bits per heavy atom. The average Bonchev–Trinajstić information content (AvgIpc) is 2.84. The van der Waals surface area contributed by atoms with E-state index >= 15 is 0 Å². The fourth-order valence-corrected chi connectivity index (χ4v) is 3.17. The largest absolute Gasteiger partial charge is 0.435 e. The fourth-order valence-electron chi connectivity index (χ4n) is 2.78. The molecule has 0 aliphatic carbocycles. The van der Waals surface area contributed by atoms with E-state index in [2.05, 4.69) is 27.9 Å². The molecule has 2 aromatic rings. The molecule has 1 aliphatic heterocycles. The Labute approximate surface area is 138 Å². The van der Waals surface area contributed by atoms with Crippen LogP contribution in [0.5, 0.6) is 5.75 Å². The highest BCUT2D eigenvalue weighted by atomic mass is 32.1. The molecule has 0 saturated carbocycles. The molecule has 0 spiro atoms. The third-order valence-corrected chi connectivity index (χ3v) is 4.06. The van der Waals surface area contributed by atoms with Gasteiger partial charge in [0.25, 0.3) is 0 Å². The lowest BCUT2D eigenvalue weighted by molar-refractivity contribution is -0.0498. The summed E-state index contributed by atoms with van der Waals surface area (Å²) in [7, 11) is 0. The number of anilines is 2. The number of hydrogen-bond acceptors (Lipinski definition) is 2. The lowest BCUT2D eigenvalue weighted by Crippen LogP contribution is -2.38. The number of halogens is 2. The second-order valence-electron chi connectivity index (χ2n) is 5.38. The van der Waals surface area contributed by atoms with Crippen LogP contribution in [-0.4, -0.2) is 17.8 Å². The molecule has 120 valence electrons. The molecule has 0 amide bonds. The van der Waals surface area contributed by atoms with Crippen LogP contribution in [-0.2, 0) is 6.42 Å². The zero-order valence-electron chi connectivity index (χ0n) is 12.5. The van der Waals surface area contributed by atoms with Crippen molar-refractivity contribution >= 4 is 28.7 Å². The molecule has 0 unspecified atom stereocenters. The Hall–Kier alpha value is -2.21. The number of fused-ring (bicyclic) bond motifs is 1. The summed E-state index contributed by atoms with van der Waals surface area (Å²) < 4.78 is 28.6. The maximum absolute atomic E-state index is 12.2. The van der Waals surface area contributed by atoms with E-state index in [1.54, 1.807) is 12.1 Å². The molecule has 6 heteroatoms. The van der Waals surface area contributed by atoms with Gasteiger partial charge in [-0.3, -0.25) is 0 Å². The first-order chi connectivity index (χ1) is 11.0. The second kappa shape index (κ2) is 6.50. The molecule has 0 saturated heterocycles. The van der Waals surface area contributed by atoms with E-state index in [1.807, 2.05) is 18.2 Å². The summed E-state index contributed by atoms with van der Waals surface area (Å²) in [4.78, 5) is 2.08. The van der Waals surface area contributed by atoms with Crippen LogP contribution in [0.1, 0.15) is 12.5 Å². The van der Waals surface area contributed by atoms with Gasteiger partial charge in [0.1, 0.15) is 5.75 Å². The van der Waals surface area contributed by atoms with E-state index in [0.29, 0.717) is 5.11 Å². The summed E-state index contributed by atoms with van der Waals surface area (Å²) in [5.74, 6) is 0.122. The highest BCUT2D eigenvalue weighted by Crippen LogP contribution is 2.32. The highest BCUT2D eigenvalue weighted by Gasteiger charge is 2.28. The number of alkyl halides is 2. The van der Waals surface area contributed by atoms with Gasteiger partial charge in [-0.2, -0.15) is 8.78 Å². The third kappa shape index (κ3) is 3.42. The van der Waals surface area contributed by atoms with E-state index in [9.17, 15) is 8.78 Å². The standard InChI is InChI=1S/C17H16F2N2OS/c1-11-10-12-4-2-3-5-15(12)21(11)17(23)20-13-6-8-14(9-7-13)22-16(18)19/h2-9,11,16H,10H2,1H3,(H,20,23)/t11-/m0/s1. The molecule has 3 nitrogen and oxygen atoms in total. The molecular weight excluding hydrogens is 318 g/mol. The van der Waals surface area contributed by atoms with Crippen molar-refractivity contribution in [3.05, 3.63) is 54.1 Å². The van der Waals surface area contributed by atoms with Crippen LogP contribution >= 0.6 is 12.2 Å². The maximum atomic E-state index is 12.2. The van der Waals surface area contributed by atoms with Crippen molar-refractivity contribution in [2.24, 2.45) is 0 Å². The Morgan fingerprint density at radius 1 is 1.22 bits per heavy atom. The zero-order valence-corrected chi connectivity index (χ0v) is 13.3. The van der Waals surface area contributed by atoms with Crippen molar-refractivity contribution in [3.63, 3.8) is 0 Å². The molecule has 1 heterocycles. The average molecular weight is 334 g/mol. The number of nitrogens with zero attached hydrogens (tertiary/aromatic N) is 1. The molecular formula is C17H16F2N2OS. The predicted molar refractivity (Wildman–Crippen MR) is 91.4 cm³/mol. The van der Waals surface area contributed by atoms with Crippen molar-refractivity contribution in [2.75, 3.05) is 10.2 Å². The number of hydrogen-bond donors (Lipinski definition) is 1. The predicted octanol–water partition coefficient (Wildman–Crippen LogP) is 4.44. The van der Waals surface area contributed by atoms with Crippen LogP contribution in [0.3, 0.4) is 0 Å². The van der Waals surface area contributed by atoms with E-state index in [-0.39, 0.29) is 11.8 Å². The van der Waals surface area contributed by atoms with Crippen LogP contribution in [0.15, 0.2) is 48.5 Å². The van der Waals surface area contributed by atoms with Crippen LogP contribution in [0.25, 0.3) is 0 Å². The van der Waals surface area contributed by atoms with Crippen molar-refractivity contribution in [1.29, 1.82) is 0 Å². The van der Waals surface area contributed by atoms with E-state index in [4.69, 9.17) is 12.2 Å². The topological polar surface area (TPSA) is 24.5 Å². The van der Waals surface area contributed by atoms with Crippen molar-refractivity contribution in [3.8, 4) is 5.75 Å². The fraction of sp³-hybridized carbons (Fsp3) is 0.235. The molecule has 1 N–H and O–H groups in total. The minimum Gasteiger partial charge on any atom is -0.435 e. The lowest BCUT2D eigenvalue weighted by Gasteiger charge is -2.26. The number of nitrogens with one attached hydrogen (secondary N) is 1. The summed E-state index contributed by atoms with van der Waals surface area (Å²) in [6, 6.07) is 14.7. The molecule has 2 aromatic carbocycles. The van der Waals surface area contributed by atoms with Crippen LogP contribution in [0.4, 0.5) is 20.2 Å². The van der Waals surface area contributed by atoms with Gasteiger partial charge in [-0.15, -0.1) is 0 Å². The van der Waals surface area contributed by atoms with Crippen molar-refractivity contribution in [2.45, 2.75) is 26.0 Å². The quantitative estimate of drug-likeness (QED) is 0.839. The summed E-state index contributed by atoms with van der Waals surface area (Å²) in [5.41, 5.74) is 3.10. The Bertz CT molecular complexity index is 706. The van der Waals surface area contributed by atoms with Crippen LogP contribution in [0.2, 0.25) is 0 Å². The van der Waals surface area contributed by atoms with Gasteiger partial charge in [0.2, 0.25) is 0 Å². The first-order valence-corrected chi connectivity index (χ1v) is 7.68. The molecule has 0 fully saturated rings. The van der Waals surface area contributed by atoms with E-state index < -0.39 is 6.61 Å². The van der Waals surface area contributed by atoms with Crippen LogP contribution < -0.4 is 15.0 Å². The van der Waals surface area contributed by atoms with Crippen LogP contribution in [0, 0.1) is 0 Å². The number of benzene rings is 2. The van der Waals surface area contributed by atoms with Gasteiger partial charge in [-0.1, -0.05) is 18.2 Å². The molecule has 0 bridgehead atoms. The van der Waals surface area contributed by atoms with E-state index in [0.717, 1.165) is 17.8 Å². The molecule has 3 rings (SSSR count). The van der Waals surface area contributed by atoms with Gasteiger partial charge >= 0.3 is 6.61 Å². The summed E-state index contributed by atoms with van der Waals surface area (Å²) >= 11 is 5.52. The normalized spacial score (nSPS) is 16.3. The SMILES string of the molecule is C[C@H]1Cc2ccccc2N1C(=S)Nc1ccc(OC(F)F)cc1. The van der Waals surface area contributed by atoms with Crippen molar-refractivity contribution < 1.29 is 13.5 Å². The van der Waals surface area contributed by atoms with Gasteiger partial charge in [-0.05, 0) is 61.5 Å². The second-order valence-corrected chi connectivity index (χ2v) is 5.77. The molecule has 0 aromatic heterocycles. The Morgan fingerprint density at radius 3 is 2.61 bits per heavy atom. The third-order valence-electron chi connectivity index (χ3n) is 3.76. The summed E-state index contributed by atoms with van der Waals surface area (Å²) in [5, 5.41) is 3.74. The summed E-state index contributed by atoms with van der Waals surface area (Å²) in [6.45, 7) is -0.704. The lowest BCUT2D eigenvalue weighted by atomic mass is 10.1. The minimum absolute atomic E-state index is 0.122. The number of para-hydroxylation sites is 1. The highest BCUT2D eigenvalue weighted by molar-refractivity contribution is 7.80. The molecule has 1 atom stereocenters. The van der Waals surface area contributed by atoms with Crippen molar-refractivity contribution in [1.82, 2.24) is 0 Å². The molecule has 0 radical (unpaired) electrons. The first kappa shape index (κ1) is 15.7. The van der Waals surface area contributed by atoms with Gasteiger partial charge < -0.3 is 15.0 Å². The monoisotopic (exact) mass is 334 g/mol. The Kier molecular flexibility index (Phi) is 4.43. The number of ether oxygens (including phenoxy) is 1. The molecule has 1 aliphatic rings.